The average Bonchev–Trinajstić information content (AvgIpc) is 2.54. The third-order valence-electron chi connectivity index (χ3n) is 4.47. The molecule has 25 heavy (non-hydrogen) atoms. The van der Waals surface area contributed by atoms with Crippen molar-refractivity contribution in [2.75, 3.05) is 13.2 Å². The number of hydrogen-bond acceptors (Lipinski definition) is 5. The van der Waals surface area contributed by atoms with Gasteiger partial charge in [0, 0.05) is 17.3 Å². The monoisotopic (exact) mass is 351 g/mol. The van der Waals surface area contributed by atoms with E-state index in [0.29, 0.717) is 24.4 Å². The summed E-state index contributed by atoms with van der Waals surface area (Å²) in [6.45, 7) is 10.1. The van der Waals surface area contributed by atoms with Crippen LogP contribution in [0.2, 0.25) is 0 Å². The van der Waals surface area contributed by atoms with Gasteiger partial charge in [0.05, 0.1) is 24.4 Å². The van der Waals surface area contributed by atoms with E-state index >= 15 is 0 Å². The van der Waals surface area contributed by atoms with Crippen molar-refractivity contribution in [3.8, 4) is 0 Å². The first-order chi connectivity index (χ1) is 12.0. The van der Waals surface area contributed by atoms with Crippen LogP contribution >= 0.6 is 0 Å². The van der Waals surface area contributed by atoms with Crippen LogP contribution in [0.5, 0.6) is 0 Å². The predicted octanol–water partition coefficient (Wildman–Crippen LogP) is 4.24. The van der Waals surface area contributed by atoms with Gasteiger partial charge in [-0.2, -0.15) is 0 Å². The summed E-state index contributed by atoms with van der Waals surface area (Å²) in [5.41, 5.74) is 2.65. The maximum Gasteiger partial charge on any atom is 0.336 e. The highest BCUT2D eigenvalue weighted by Crippen LogP contribution is 2.35. The summed E-state index contributed by atoms with van der Waals surface area (Å²) in [5.74, 6) is -0.957. The van der Waals surface area contributed by atoms with Crippen molar-refractivity contribution < 1.29 is 19.1 Å². The Morgan fingerprint density at radius 1 is 0.840 bits per heavy atom. The van der Waals surface area contributed by atoms with Gasteiger partial charge in [-0.15, -0.1) is 0 Å². The van der Waals surface area contributed by atoms with E-state index in [1.165, 1.54) is 19.3 Å². The van der Waals surface area contributed by atoms with Crippen LogP contribution < -0.4 is 5.32 Å². The summed E-state index contributed by atoms with van der Waals surface area (Å²) in [6.07, 6.45) is 6.40. The van der Waals surface area contributed by atoms with Crippen LogP contribution in [0.15, 0.2) is 22.5 Å². The molecule has 0 bridgehead atoms. The van der Waals surface area contributed by atoms with Gasteiger partial charge in [-0.1, -0.05) is 39.0 Å². The Morgan fingerprint density at radius 3 is 1.76 bits per heavy atom. The molecule has 0 radical (unpaired) electrons. The van der Waals surface area contributed by atoms with Gasteiger partial charge < -0.3 is 14.8 Å². The molecule has 0 unspecified atom stereocenters. The van der Waals surface area contributed by atoms with E-state index in [9.17, 15) is 9.59 Å². The summed E-state index contributed by atoms with van der Waals surface area (Å²) >= 11 is 0. The molecular weight excluding hydrogens is 318 g/mol. The van der Waals surface area contributed by atoms with Gasteiger partial charge in [-0.25, -0.2) is 9.59 Å². The molecule has 0 aromatic carbocycles. The number of allylic oxidation sites excluding steroid dienone is 2. The van der Waals surface area contributed by atoms with Crippen LogP contribution in [0.25, 0.3) is 0 Å². The highest BCUT2D eigenvalue weighted by Gasteiger charge is 2.36. The molecule has 0 spiro atoms. The molecule has 1 aliphatic heterocycles. The molecule has 1 aliphatic rings. The molecule has 0 saturated heterocycles. The van der Waals surface area contributed by atoms with E-state index in [2.05, 4.69) is 12.2 Å². The normalized spacial score (nSPS) is 15.2. The molecule has 5 heteroatoms. The molecule has 0 saturated carbocycles. The second-order valence-corrected chi connectivity index (χ2v) is 6.40. The Balaban J connectivity index is 3.05. The predicted molar refractivity (Wildman–Crippen MR) is 98.7 cm³/mol. The molecule has 0 aliphatic carbocycles. The first kappa shape index (κ1) is 21.3. The zero-order valence-electron chi connectivity index (χ0n) is 16.4. The summed E-state index contributed by atoms with van der Waals surface area (Å²) in [5, 5.41) is 3.16. The Kier molecular flexibility index (Phi) is 9.32. The summed E-state index contributed by atoms with van der Waals surface area (Å²) in [7, 11) is 0. The second-order valence-electron chi connectivity index (χ2n) is 6.40. The van der Waals surface area contributed by atoms with Crippen LogP contribution in [0.3, 0.4) is 0 Å². The van der Waals surface area contributed by atoms with Crippen molar-refractivity contribution in [3.05, 3.63) is 22.5 Å². The largest absolute Gasteiger partial charge is 0.463 e. The standard InChI is InChI=1S/C20H33NO4/c1-6-9-10-11-12-13-16-17(19(22)24-7-2)14(4)21-15(5)18(16)20(23)25-8-3/h16,21H,6-13H2,1-5H3. The molecule has 0 aromatic heterocycles. The zero-order valence-corrected chi connectivity index (χ0v) is 16.4. The van der Waals surface area contributed by atoms with Gasteiger partial charge in [0.15, 0.2) is 0 Å². The quantitative estimate of drug-likeness (QED) is 0.471. The molecule has 0 aromatic rings. The lowest BCUT2D eigenvalue weighted by molar-refractivity contribution is -0.140. The fraction of sp³-hybridized carbons (Fsp3) is 0.700. The van der Waals surface area contributed by atoms with Crippen LogP contribution in [-0.2, 0) is 19.1 Å². The van der Waals surface area contributed by atoms with Gasteiger partial charge in [-0.3, -0.25) is 0 Å². The third kappa shape index (κ3) is 5.91. The maximum atomic E-state index is 12.5. The van der Waals surface area contributed by atoms with Gasteiger partial charge >= 0.3 is 11.9 Å². The number of ether oxygens (including phenoxy) is 2. The number of hydrogen-bond donors (Lipinski definition) is 1. The van der Waals surface area contributed by atoms with E-state index in [4.69, 9.17) is 9.47 Å². The van der Waals surface area contributed by atoms with Crippen LogP contribution in [0.4, 0.5) is 0 Å². The van der Waals surface area contributed by atoms with E-state index in [0.717, 1.165) is 30.7 Å². The second kappa shape index (κ2) is 11.0. The SMILES string of the molecule is CCCCCCCC1C(C(=O)OCC)=C(C)NC(C)=C1C(=O)OCC. The Hall–Kier alpha value is -1.78. The minimum Gasteiger partial charge on any atom is -0.463 e. The minimum absolute atomic E-state index is 0.263. The van der Waals surface area contributed by atoms with Crippen molar-refractivity contribution in [3.63, 3.8) is 0 Å². The molecule has 0 amide bonds. The van der Waals surface area contributed by atoms with E-state index < -0.39 is 0 Å². The number of esters is 2. The fourth-order valence-corrected chi connectivity index (χ4v) is 3.33. The third-order valence-corrected chi connectivity index (χ3v) is 4.47. The molecule has 0 atom stereocenters. The lowest BCUT2D eigenvalue weighted by Crippen LogP contribution is -2.33. The Labute approximate surface area is 151 Å². The van der Waals surface area contributed by atoms with Crippen molar-refractivity contribution >= 4 is 11.9 Å². The van der Waals surface area contributed by atoms with Gasteiger partial charge in [0.2, 0.25) is 0 Å². The van der Waals surface area contributed by atoms with Crippen LogP contribution in [0.1, 0.15) is 73.1 Å². The van der Waals surface area contributed by atoms with Gasteiger partial charge in [0.1, 0.15) is 0 Å². The molecule has 1 heterocycles. The summed E-state index contributed by atoms with van der Waals surface area (Å²) in [6, 6.07) is 0. The number of dihydropyridines is 1. The molecule has 1 N–H and O–H groups in total. The average molecular weight is 351 g/mol. The maximum absolute atomic E-state index is 12.5. The van der Waals surface area contributed by atoms with Crippen molar-refractivity contribution in [2.45, 2.75) is 73.1 Å². The summed E-state index contributed by atoms with van der Waals surface area (Å²) in [4.78, 5) is 25.0. The Bertz CT molecular complexity index is 494. The number of carbonyl (C=O) groups is 2. The lowest BCUT2D eigenvalue weighted by Gasteiger charge is -2.30. The highest BCUT2D eigenvalue weighted by atomic mass is 16.5. The highest BCUT2D eigenvalue weighted by molar-refractivity contribution is 5.97. The minimum atomic E-state index is -0.347. The van der Waals surface area contributed by atoms with E-state index in [-0.39, 0.29) is 17.9 Å². The Morgan fingerprint density at radius 2 is 1.32 bits per heavy atom. The van der Waals surface area contributed by atoms with Gasteiger partial charge in [0.25, 0.3) is 0 Å². The topological polar surface area (TPSA) is 64.6 Å². The van der Waals surface area contributed by atoms with E-state index in [1.54, 1.807) is 13.8 Å². The molecular formula is C20H33NO4. The number of nitrogens with one attached hydrogen (secondary N) is 1. The van der Waals surface area contributed by atoms with Crippen molar-refractivity contribution in [2.24, 2.45) is 5.92 Å². The first-order valence-electron chi connectivity index (χ1n) is 9.50. The summed E-state index contributed by atoms with van der Waals surface area (Å²) < 4.78 is 10.5. The molecule has 1 rings (SSSR count). The number of rotatable bonds is 10. The molecule has 142 valence electrons. The zero-order chi connectivity index (χ0) is 18.8. The van der Waals surface area contributed by atoms with E-state index in [1.807, 2.05) is 13.8 Å². The van der Waals surface area contributed by atoms with Crippen LogP contribution in [-0.4, -0.2) is 25.2 Å². The smallest absolute Gasteiger partial charge is 0.336 e. The first-order valence-corrected chi connectivity index (χ1v) is 9.50. The van der Waals surface area contributed by atoms with Crippen molar-refractivity contribution in [1.29, 1.82) is 0 Å². The number of unbranched alkanes of at least 4 members (excludes halogenated alkanes) is 4. The fourth-order valence-electron chi connectivity index (χ4n) is 3.33. The lowest BCUT2D eigenvalue weighted by atomic mass is 9.81. The van der Waals surface area contributed by atoms with Gasteiger partial charge in [-0.05, 0) is 34.1 Å². The number of carbonyl (C=O) groups excluding carboxylic acids is 2. The molecule has 0 fully saturated rings. The van der Waals surface area contributed by atoms with Crippen molar-refractivity contribution in [1.82, 2.24) is 5.32 Å². The molecule has 5 nitrogen and oxygen atoms in total. The van der Waals surface area contributed by atoms with Crippen LogP contribution in [0, 0.1) is 5.92 Å².